The molecule has 0 radical (unpaired) electrons. The van der Waals surface area contributed by atoms with Crippen LogP contribution in [0.2, 0.25) is 0 Å². The van der Waals surface area contributed by atoms with Crippen molar-refractivity contribution in [3.63, 3.8) is 0 Å². The van der Waals surface area contributed by atoms with Crippen LogP contribution in [0.25, 0.3) is 0 Å². The predicted molar refractivity (Wildman–Crippen MR) is 60.2 cm³/mol. The molecule has 0 N–H and O–H groups in total. The van der Waals surface area contributed by atoms with Crippen molar-refractivity contribution < 1.29 is 18.7 Å². The van der Waals surface area contributed by atoms with Crippen LogP contribution in [0.3, 0.4) is 0 Å². The van der Waals surface area contributed by atoms with Crippen molar-refractivity contribution >= 4 is 5.97 Å². The first-order valence-electron chi connectivity index (χ1n) is 5.32. The number of ether oxygens (including phenoxy) is 2. The van der Waals surface area contributed by atoms with Crippen molar-refractivity contribution in [2.45, 2.75) is 26.4 Å². The molecule has 0 fully saturated rings. The summed E-state index contributed by atoms with van der Waals surface area (Å²) in [5.74, 6) is -1.55. The third-order valence-corrected chi connectivity index (χ3v) is 1.83. The SMILES string of the molecule is CC(C)(C)OCCOC(=O)c1cccnc1F. The minimum atomic E-state index is -0.825. The summed E-state index contributed by atoms with van der Waals surface area (Å²) in [5.41, 5.74) is -0.449. The van der Waals surface area contributed by atoms with Gasteiger partial charge in [-0.25, -0.2) is 9.78 Å². The van der Waals surface area contributed by atoms with E-state index in [0.29, 0.717) is 0 Å². The molecule has 0 aliphatic carbocycles. The molecule has 0 unspecified atom stereocenters. The van der Waals surface area contributed by atoms with Gasteiger partial charge in [0.15, 0.2) is 0 Å². The maximum atomic E-state index is 13.1. The van der Waals surface area contributed by atoms with Crippen molar-refractivity contribution in [3.8, 4) is 0 Å². The van der Waals surface area contributed by atoms with E-state index in [2.05, 4.69) is 4.98 Å². The number of carbonyl (C=O) groups is 1. The highest BCUT2D eigenvalue weighted by Crippen LogP contribution is 2.07. The van der Waals surface area contributed by atoms with Gasteiger partial charge in [-0.3, -0.25) is 0 Å². The van der Waals surface area contributed by atoms with Gasteiger partial charge < -0.3 is 9.47 Å². The summed E-state index contributed by atoms with van der Waals surface area (Å²) in [4.78, 5) is 14.8. The molecule has 17 heavy (non-hydrogen) atoms. The highest BCUT2D eigenvalue weighted by Gasteiger charge is 2.14. The topological polar surface area (TPSA) is 48.4 Å². The van der Waals surface area contributed by atoms with E-state index in [4.69, 9.17) is 9.47 Å². The zero-order valence-corrected chi connectivity index (χ0v) is 10.2. The van der Waals surface area contributed by atoms with Gasteiger partial charge >= 0.3 is 5.97 Å². The molecule has 0 aliphatic rings. The first-order chi connectivity index (χ1) is 7.90. The van der Waals surface area contributed by atoms with E-state index in [1.54, 1.807) is 0 Å². The number of rotatable bonds is 4. The first-order valence-corrected chi connectivity index (χ1v) is 5.32. The van der Waals surface area contributed by atoms with Crippen LogP contribution < -0.4 is 0 Å². The Labute approximate surface area is 99.8 Å². The maximum Gasteiger partial charge on any atom is 0.342 e. The average molecular weight is 241 g/mol. The van der Waals surface area contributed by atoms with Crippen molar-refractivity contribution in [2.75, 3.05) is 13.2 Å². The molecule has 0 amide bonds. The second kappa shape index (κ2) is 5.72. The Morgan fingerprint density at radius 3 is 2.71 bits per heavy atom. The lowest BCUT2D eigenvalue weighted by Gasteiger charge is -2.19. The van der Waals surface area contributed by atoms with E-state index in [1.807, 2.05) is 20.8 Å². The summed E-state index contributed by atoms with van der Waals surface area (Å²) < 4.78 is 23.3. The Hall–Kier alpha value is -1.49. The molecule has 5 heteroatoms. The second-order valence-corrected chi connectivity index (χ2v) is 4.44. The van der Waals surface area contributed by atoms with Gasteiger partial charge in [-0.05, 0) is 32.9 Å². The van der Waals surface area contributed by atoms with Crippen LogP contribution >= 0.6 is 0 Å². The number of esters is 1. The first kappa shape index (κ1) is 13.6. The van der Waals surface area contributed by atoms with Crippen molar-refractivity contribution in [2.24, 2.45) is 0 Å². The fourth-order valence-electron chi connectivity index (χ4n) is 1.10. The number of carbonyl (C=O) groups excluding carboxylic acids is 1. The molecule has 4 nitrogen and oxygen atoms in total. The standard InChI is InChI=1S/C12H16FNO3/c1-12(2,3)17-8-7-16-11(15)9-5-4-6-14-10(9)13/h4-6H,7-8H2,1-3H3. The lowest BCUT2D eigenvalue weighted by molar-refractivity contribution is -0.0283. The fraction of sp³-hybridized carbons (Fsp3) is 0.500. The summed E-state index contributed by atoms with van der Waals surface area (Å²) >= 11 is 0. The molecule has 0 bridgehead atoms. The number of hydrogen-bond donors (Lipinski definition) is 0. The van der Waals surface area contributed by atoms with E-state index in [1.165, 1.54) is 18.3 Å². The van der Waals surface area contributed by atoms with Crippen LogP contribution in [0.15, 0.2) is 18.3 Å². The summed E-state index contributed by atoms with van der Waals surface area (Å²) in [6.45, 7) is 6.06. The van der Waals surface area contributed by atoms with E-state index in [-0.39, 0.29) is 24.4 Å². The molecule has 1 rings (SSSR count). The molecular weight excluding hydrogens is 225 g/mol. The lowest BCUT2D eigenvalue weighted by Crippen LogP contribution is -2.22. The van der Waals surface area contributed by atoms with Gasteiger partial charge in [0.25, 0.3) is 0 Å². The van der Waals surface area contributed by atoms with Gasteiger partial charge in [-0.2, -0.15) is 4.39 Å². The zero-order valence-electron chi connectivity index (χ0n) is 10.2. The third kappa shape index (κ3) is 4.91. The minimum absolute atomic E-state index is 0.0877. The largest absolute Gasteiger partial charge is 0.460 e. The fourth-order valence-corrected chi connectivity index (χ4v) is 1.10. The van der Waals surface area contributed by atoms with E-state index >= 15 is 0 Å². The maximum absolute atomic E-state index is 13.1. The molecule has 0 aliphatic heterocycles. The van der Waals surface area contributed by atoms with E-state index < -0.39 is 11.9 Å². The molecule has 0 saturated carbocycles. The number of aromatic nitrogens is 1. The van der Waals surface area contributed by atoms with E-state index in [0.717, 1.165) is 0 Å². The van der Waals surface area contributed by atoms with Crippen LogP contribution in [0.5, 0.6) is 0 Å². The molecule has 94 valence electrons. The Balaban J connectivity index is 2.39. The summed E-state index contributed by atoms with van der Waals surface area (Å²) in [6, 6.07) is 2.81. The van der Waals surface area contributed by atoms with Crippen LogP contribution in [0, 0.1) is 5.95 Å². The summed E-state index contributed by atoms with van der Waals surface area (Å²) in [6.07, 6.45) is 1.27. The number of halogens is 1. The summed E-state index contributed by atoms with van der Waals surface area (Å²) in [5, 5.41) is 0. The van der Waals surface area contributed by atoms with Crippen LogP contribution in [-0.2, 0) is 9.47 Å². The highest BCUT2D eigenvalue weighted by atomic mass is 19.1. The number of nitrogens with zero attached hydrogens (tertiary/aromatic N) is 1. The highest BCUT2D eigenvalue weighted by molar-refractivity contribution is 5.89. The Kier molecular flexibility index (Phi) is 4.57. The molecule has 1 aromatic rings. The minimum Gasteiger partial charge on any atom is -0.460 e. The van der Waals surface area contributed by atoms with Gasteiger partial charge in [0, 0.05) is 6.20 Å². The van der Waals surface area contributed by atoms with Crippen molar-refractivity contribution in [1.82, 2.24) is 4.98 Å². The van der Waals surface area contributed by atoms with Gasteiger partial charge in [-0.1, -0.05) is 0 Å². The number of hydrogen-bond acceptors (Lipinski definition) is 4. The Morgan fingerprint density at radius 1 is 1.41 bits per heavy atom. The van der Waals surface area contributed by atoms with Gasteiger partial charge in [-0.15, -0.1) is 0 Å². The predicted octanol–water partition coefficient (Wildman–Crippen LogP) is 2.19. The molecule has 1 aromatic heterocycles. The molecule has 0 atom stereocenters. The van der Waals surface area contributed by atoms with E-state index in [9.17, 15) is 9.18 Å². The second-order valence-electron chi connectivity index (χ2n) is 4.44. The van der Waals surface area contributed by atoms with Crippen LogP contribution in [0.4, 0.5) is 4.39 Å². The van der Waals surface area contributed by atoms with Crippen molar-refractivity contribution in [3.05, 3.63) is 29.8 Å². The monoisotopic (exact) mass is 241 g/mol. The van der Waals surface area contributed by atoms with Gasteiger partial charge in [0.05, 0.1) is 12.2 Å². The van der Waals surface area contributed by atoms with Crippen molar-refractivity contribution in [1.29, 1.82) is 0 Å². The quantitative estimate of drug-likeness (QED) is 0.460. The molecular formula is C12H16FNO3. The molecule has 1 heterocycles. The summed E-state index contributed by atoms with van der Waals surface area (Å²) in [7, 11) is 0. The third-order valence-electron chi connectivity index (χ3n) is 1.83. The Bertz CT molecular complexity index is 388. The number of pyridine rings is 1. The molecule has 0 spiro atoms. The normalized spacial score (nSPS) is 11.3. The average Bonchev–Trinajstić information content (AvgIpc) is 2.23. The zero-order chi connectivity index (χ0) is 12.9. The van der Waals surface area contributed by atoms with Crippen LogP contribution in [0.1, 0.15) is 31.1 Å². The van der Waals surface area contributed by atoms with Gasteiger partial charge in [0.1, 0.15) is 12.2 Å². The molecule has 0 aromatic carbocycles. The van der Waals surface area contributed by atoms with Crippen LogP contribution in [-0.4, -0.2) is 29.8 Å². The Morgan fingerprint density at radius 2 is 2.12 bits per heavy atom. The smallest absolute Gasteiger partial charge is 0.342 e. The molecule has 0 saturated heterocycles. The van der Waals surface area contributed by atoms with Gasteiger partial charge in [0.2, 0.25) is 5.95 Å². The lowest BCUT2D eigenvalue weighted by atomic mass is 10.2.